The summed E-state index contributed by atoms with van der Waals surface area (Å²) >= 11 is 0. The number of anilines is 1. The van der Waals surface area contributed by atoms with Gasteiger partial charge in [0, 0.05) is 5.69 Å². The predicted molar refractivity (Wildman–Crippen MR) is 87.3 cm³/mol. The number of primary amides is 1. The van der Waals surface area contributed by atoms with Gasteiger partial charge < -0.3 is 11.1 Å². The number of hydrogen-bond donors (Lipinski definition) is 2. The molecule has 0 saturated heterocycles. The summed E-state index contributed by atoms with van der Waals surface area (Å²) in [5.74, 6) is -0.0553. The maximum atomic E-state index is 11.7. The third-order valence-corrected chi connectivity index (χ3v) is 3.66. The van der Waals surface area contributed by atoms with E-state index in [0.29, 0.717) is 6.42 Å². The topological polar surface area (TPSA) is 55.1 Å². The van der Waals surface area contributed by atoms with Crippen LogP contribution in [0.25, 0.3) is 0 Å². The van der Waals surface area contributed by atoms with E-state index in [1.807, 2.05) is 49.4 Å². The Kier molecular flexibility index (Phi) is 4.99. The molecule has 0 radical (unpaired) electrons. The van der Waals surface area contributed by atoms with Crippen LogP contribution in [0.15, 0.2) is 54.6 Å². The summed E-state index contributed by atoms with van der Waals surface area (Å²) in [5, 5.41) is 3.25. The fourth-order valence-electron chi connectivity index (χ4n) is 2.45. The molecule has 0 aliphatic heterocycles. The van der Waals surface area contributed by atoms with Crippen LogP contribution >= 0.6 is 0 Å². The maximum Gasteiger partial charge on any atom is 0.239 e. The number of aryl methyl sites for hydroxylation is 1. The molecule has 0 aliphatic rings. The van der Waals surface area contributed by atoms with Gasteiger partial charge in [-0.05, 0) is 42.5 Å². The van der Waals surface area contributed by atoms with Gasteiger partial charge in [-0.15, -0.1) is 0 Å². The number of carbonyl (C=O) groups is 1. The van der Waals surface area contributed by atoms with Gasteiger partial charge in [0.25, 0.3) is 0 Å². The minimum absolute atomic E-state index is 0.265. The van der Waals surface area contributed by atoms with Gasteiger partial charge in [-0.3, -0.25) is 4.79 Å². The van der Waals surface area contributed by atoms with Crippen molar-refractivity contribution in [3.63, 3.8) is 0 Å². The third-order valence-electron chi connectivity index (χ3n) is 3.66. The lowest BCUT2D eigenvalue weighted by molar-refractivity contribution is -0.118. The summed E-state index contributed by atoms with van der Waals surface area (Å²) in [4.78, 5) is 11.7. The highest BCUT2D eigenvalue weighted by Gasteiger charge is 2.19. The standard InChI is InChI=1S/C18H22N2O/c1-13-7-6-10-16(11-13)20-17(18(19)21)12-14(2)15-8-4-3-5-9-15/h3-11,14,17,20H,12H2,1-2H3,(H2,19,21). The number of hydrogen-bond acceptors (Lipinski definition) is 2. The number of nitrogens with one attached hydrogen (secondary N) is 1. The molecule has 0 aromatic heterocycles. The van der Waals surface area contributed by atoms with Crippen molar-refractivity contribution < 1.29 is 4.79 Å². The lowest BCUT2D eigenvalue weighted by atomic mass is 9.93. The normalized spacial score (nSPS) is 13.4. The maximum absolute atomic E-state index is 11.7. The quantitative estimate of drug-likeness (QED) is 0.852. The average Bonchev–Trinajstić information content (AvgIpc) is 2.47. The molecule has 0 saturated carbocycles. The van der Waals surface area contributed by atoms with Gasteiger partial charge in [0.05, 0.1) is 0 Å². The fourth-order valence-corrected chi connectivity index (χ4v) is 2.45. The zero-order chi connectivity index (χ0) is 15.2. The molecule has 0 aliphatic carbocycles. The Bertz CT molecular complexity index is 595. The molecular weight excluding hydrogens is 260 g/mol. The largest absolute Gasteiger partial charge is 0.374 e. The summed E-state index contributed by atoms with van der Waals surface area (Å²) in [7, 11) is 0. The fraction of sp³-hybridized carbons (Fsp3) is 0.278. The van der Waals surface area contributed by atoms with Crippen molar-refractivity contribution in [1.82, 2.24) is 0 Å². The van der Waals surface area contributed by atoms with Crippen molar-refractivity contribution in [3.05, 3.63) is 65.7 Å². The molecule has 2 atom stereocenters. The third kappa shape index (κ3) is 4.35. The van der Waals surface area contributed by atoms with Crippen LogP contribution in [0, 0.1) is 6.92 Å². The monoisotopic (exact) mass is 282 g/mol. The lowest BCUT2D eigenvalue weighted by Crippen LogP contribution is -2.36. The van der Waals surface area contributed by atoms with Crippen molar-refractivity contribution in [1.29, 1.82) is 0 Å². The average molecular weight is 282 g/mol. The lowest BCUT2D eigenvalue weighted by Gasteiger charge is -2.21. The van der Waals surface area contributed by atoms with Crippen molar-refractivity contribution in [2.75, 3.05) is 5.32 Å². The molecular formula is C18H22N2O. The molecule has 0 fully saturated rings. The van der Waals surface area contributed by atoms with Crippen LogP contribution in [0.1, 0.15) is 30.4 Å². The molecule has 1 amide bonds. The van der Waals surface area contributed by atoms with Gasteiger partial charge >= 0.3 is 0 Å². The molecule has 110 valence electrons. The second-order valence-corrected chi connectivity index (χ2v) is 5.52. The van der Waals surface area contributed by atoms with Gasteiger partial charge in [-0.1, -0.05) is 49.4 Å². The van der Waals surface area contributed by atoms with E-state index in [0.717, 1.165) is 11.3 Å². The van der Waals surface area contributed by atoms with E-state index < -0.39 is 0 Å². The first-order valence-corrected chi connectivity index (χ1v) is 7.23. The van der Waals surface area contributed by atoms with E-state index in [2.05, 4.69) is 24.4 Å². The van der Waals surface area contributed by atoms with Crippen LogP contribution in [-0.4, -0.2) is 11.9 Å². The highest BCUT2D eigenvalue weighted by Crippen LogP contribution is 2.22. The van der Waals surface area contributed by atoms with Gasteiger partial charge in [0.1, 0.15) is 6.04 Å². The SMILES string of the molecule is Cc1cccc(NC(CC(C)c2ccccc2)C(N)=O)c1. The Labute approximate surface area is 126 Å². The zero-order valence-electron chi connectivity index (χ0n) is 12.5. The summed E-state index contributed by atoms with van der Waals surface area (Å²) in [6, 6.07) is 17.8. The van der Waals surface area contributed by atoms with Gasteiger partial charge in [-0.25, -0.2) is 0 Å². The second-order valence-electron chi connectivity index (χ2n) is 5.52. The summed E-state index contributed by atoms with van der Waals surface area (Å²) in [6.45, 7) is 4.14. The van der Waals surface area contributed by atoms with Crippen LogP contribution in [0.3, 0.4) is 0 Å². The Morgan fingerprint density at radius 1 is 1.14 bits per heavy atom. The highest BCUT2D eigenvalue weighted by atomic mass is 16.1. The summed E-state index contributed by atoms with van der Waals surface area (Å²) < 4.78 is 0. The molecule has 3 nitrogen and oxygen atoms in total. The minimum Gasteiger partial charge on any atom is -0.374 e. The van der Waals surface area contributed by atoms with E-state index in [4.69, 9.17) is 5.73 Å². The van der Waals surface area contributed by atoms with Crippen LogP contribution in [0.5, 0.6) is 0 Å². The minimum atomic E-state index is -0.373. The number of nitrogens with two attached hydrogens (primary N) is 1. The smallest absolute Gasteiger partial charge is 0.239 e. The van der Waals surface area contributed by atoms with E-state index in [9.17, 15) is 4.79 Å². The number of carbonyl (C=O) groups excluding carboxylic acids is 1. The summed E-state index contributed by atoms with van der Waals surface area (Å²) in [6.07, 6.45) is 0.674. The van der Waals surface area contributed by atoms with Crippen LogP contribution in [0.4, 0.5) is 5.69 Å². The van der Waals surface area contributed by atoms with E-state index in [1.165, 1.54) is 5.56 Å². The second kappa shape index (κ2) is 6.93. The van der Waals surface area contributed by atoms with Crippen molar-refractivity contribution in [2.45, 2.75) is 32.2 Å². The molecule has 3 heteroatoms. The Balaban J connectivity index is 2.07. The molecule has 2 aromatic carbocycles. The first-order chi connectivity index (χ1) is 10.1. The Morgan fingerprint density at radius 3 is 2.48 bits per heavy atom. The molecule has 2 rings (SSSR count). The number of amides is 1. The van der Waals surface area contributed by atoms with Gasteiger partial charge in [-0.2, -0.15) is 0 Å². The van der Waals surface area contributed by atoms with Crippen molar-refractivity contribution in [2.24, 2.45) is 5.73 Å². The Hall–Kier alpha value is -2.29. The van der Waals surface area contributed by atoms with Crippen molar-refractivity contribution >= 4 is 11.6 Å². The van der Waals surface area contributed by atoms with E-state index in [-0.39, 0.29) is 17.9 Å². The van der Waals surface area contributed by atoms with Gasteiger partial charge in [0.15, 0.2) is 0 Å². The number of rotatable bonds is 6. The van der Waals surface area contributed by atoms with Crippen LogP contribution in [0.2, 0.25) is 0 Å². The van der Waals surface area contributed by atoms with Gasteiger partial charge in [0.2, 0.25) is 5.91 Å². The molecule has 0 bridgehead atoms. The first-order valence-electron chi connectivity index (χ1n) is 7.23. The molecule has 2 aromatic rings. The molecule has 0 heterocycles. The van der Waals surface area contributed by atoms with E-state index >= 15 is 0 Å². The molecule has 3 N–H and O–H groups in total. The van der Waals surface area contributed by atoms with Crippen LogP contribution in [-0.2, 0) is 4.79 Å². The molecule has 2 unspecified atom stereocenters. The predicted octanol–water partition coefficient (Wildman–Crippen LogP) is 3.45. The molecule has 21 heavy (non-hydrogen) atoms. The van der Waals surface area contributed by atoms with E-state index in [1.54, 1.807) is 0 Å². The van der Waals surface area contributed by atoms with Crippen LogP contribution < -0.4 is 11.1 Å². The Morgan fingerprint density at radius 2 is 1.86 bits per heavy atom. The molecule has 0 spiro atoms. The summed E-state index contributed by atoms with van der Waals surface area (Å²) in [5.41, 5.74) is 8.85. The highest BCUT2D eigenvalue weighted by molar-refractivity contribution is 5.83. The number of benzene rings is 2. The first kappa shape index (κ1) is 15.1. The zero-order valence-corrected chi connectivity index (χ0v) is 12.5. The van der Waals surface area contributed by atoms with Crippen molar-refractivity contribution in [3.8, 4) is 0 Å².